The Balaban J connectivity index is 2.02. The number of allylic oxidation sites excluding steroid dienone is 3. The molecule has 1 aliphatic rings. The summed E-state index contributed by atoms with van der Waals surface area (Å²) in [5, 5.41) is 6.36. The lowest BCUT2D eigenvalue weighted by atomic mass is 10.0. The lowest BCUT2D eigenvalue weighted by Gasteiger charge is -2.17. The molecule has 1 aromatic rings. The molecule has 2 N–H and O–H groups in total. The first kappa shape index (κ1) is 14.1. The van der Waals surface area contributed by atoms with E-state index in [1.54, 1.807) is 13.0 Å². The summed E-state index contributed by atoms with van der Waals surface area (Å²) in [6.45, 7) is 7.70. The van der Waals surface area contributed by atoms with Gasteiger partial charge in [0.25, 0.3) is 0 Å². The Morgan fingerprint density at radius 1 is 1.30 bits per heavy atom. The Kier molecular flexibility index (Phi) is 4.41. The van der Waals surface area contributed by atoms with Crippen molar-refractivity contribution in [3.63, 3.8) is 0 Å². The van der Waals surface area contributed by atoms with Crippen molar-refractivity contribution in [2.45, 2.75) is 20.3 Å². The molecule has 0 heterocycles. The van der Waals surface area contributed by atoms with E-state index in [0.717, 1.165) is 17.8 Å². The predicted octanol–water partition coefficient (Wildman–Crippen LogP) is 3.84. The van der Waals surface area contributed by atoms with Gasteiger partial charge < -0.3 is 10.6 Å². The molecule has 1 unspecified atom stereocenters. The van der Waals surface area contributed by atoms with Gasteiger partial charge in [-0.1, -0.05) is 37.8 Å². The zero-order valence-electron chi connectivity index (χ0n) is 11.9. The van der Waals surface area contributed by atoms with E-state index in [9.17, 15) is 4.79 Å². The first-order chi connectivity index (χ1) is 9.56. The van der Waals surface area contributed by atoms with E-state index >= 15 is 0 Å². The van der Waals surface area contributed by atoms with Gasteiger partial charge >= 0.3 is 0 Å². The molecule has 0 bridgehead atoms. The summed E-state index contributed by atoms with van der Waals surface area (Å²) in [7, 11) is 0. The topological polar surface area (TPSA) is 41.1 Å². The van der Waals surface area contributed by atoms with Crippen LogP contribution in [0.1, 0.15) is 30.6 Å². The molecule has 2 rings (SSSR count). The molecule has 0 saturated heterocycles. The van der Waals surface area contributed by atoms with E-state index in [0.29, 0.717) is 17.3 Å². The van der Waals surface area contributed by atoms with Gasteiger partial charge in [0.05, 0.1) is 5.69 Å². The van der Waals surface area contributed by atoms with E-state index in [1.165, 1.54) is 0 Å². The molecular formula is C17H20N2O. The zero-order chi connectivity index (χ0) is 14.5. The van der Waals surface area contributed by atoms with Gasteiger partial charge in [0.1, 0.15) is 5.82 Å². The second-order valence-corrected chi connectivity index (χ2v) is 5.06. The van der Waals surface area contributed by atoms with Crippen molar-refractivity contribution in [2.75, 3.05) is 5.32 Å². The highest BCUT2D eigenvalue weighted by atomic mass is 16.1. The number of carbonyl (C=O) groups is 1. The van der Waals surface area contributed by atoms with E-state index in [-0.39, 0.29) is 5.78 Å². The molecule has 1 aliphatic carbocycles. The molecule has 0 saturated carbocycles. The highest BCUT2D eigenvalue weighted by Crippen LogP contribution is 2.18. The van der Waals surface area contributed by atoms with E-state index < -0.39 is 0 Å². The van der Waals surface area contributed by atoms with Crippen molar-refractivity contribution < 1.29 is 4.79 Å². The maximum Gasteiger partial charge on any atom is 0.161 e. The number of hydrogen-bond acceptors (Lipinski definition) is 3. The number of nitrogens with one attached hydrogen (secondary N) is 2. The number of ketones is 1. The molecule has 3 heteroatoms. The van der Waals surface area contributed by atoms with Crippen LogP contribution in [0.3, 0.4) is 0 Å². The molecular weight excluding hydrogens is 248 g/mol. The third kappa shape index (κ3) is 3.60. The van der Waals surface area contributed by atoms with Gasteiger partial charge in [0.2, 0.25) is 0 Å². The minimum Gasteiger partial charge on any atom is -0.343 e. The first-order valence-corrected chi connectivity index (χ1v) is 6.77. The molecule has 20 heavy (non-hydrogen) atoms. The van der Waals surface area contributed by atoms with Crippen LogP contribution in [0, 0.1) is 5.92 Å². The summed E-state index contributed by atoms with van der Waals surface area (Å²) < 4.78 is 0. The molecule has 0 aromatic heterocycles. The number of rotatable bonds is 5. The molecule has 104 valence electrons. The molecule has 0 fully saturated rings. The van der Waals surface area contributed by atoms with Gasteiger partial charge in [-0.15, -0.1) is 0 Å². The maximum atomic E-state index is 11.6. The SMILES string of the molecule is C=C(NC1=CCC(C)C=C1)Nc1ccccc1C(C)=O. The van der Waals surface area contributed by atoms with Crippen molar-refractivity contribution in [3.05, 3.63) is 66.2 Å². The monoisotopic (exact) mass is 268 g/mol. The van der Waals surface area contributed by atoms with Crippen molar-refractivity contribution in [1.29, 1.82) is 0 Å². The fourth-order valence-electron chi connectivity index (χ4n) is 2.09. The van der Waals surface area contributed by atoms with Crippen LogP contribution in [-0.2, 0) is 0 Å². The Hall–Kier alpha value is -2.29. The zero-order valence-corrected chi connectivity index (χ0v) is 11.9. The third-order valence-electron chi connectivity index (χ3n) is 3.20. The minimum absolute atomic E-state index is 0.0338. The molecule has 3 nitrogen and oxygen atoms in total. The third-order valence-corrected chi connectivity index (χ3v) is 3.20. The summed E-state index contributed by atoms with van der Waals surface area (Å²) in [6.07, 6.45) is 7.39. The molecule has 1 aromatic carbocycles. The lowest BCUT2D eigenvalue weighted by molar-refractivity contribution is 0.101. The van der Waals surface area contributed by atoms with Crippen molar-refractivity contribution in [3.8, 4) is 0 Å². The van der Waals surface area contributed by atoms with Gasteiger partial charge in [0.15, 0.2) is 5.78 Å². The maximum absolute atomic E-state index is 11.6. The predicted molar refractivity (Wildman–Crippen MR) is 83.3 cm³/mol. The van der Waals surface area contributed by atoms with Gasteiger partial charge in [-0.25, -0.2) is 0 Å². The summed E-state index contributed by atoms with van der Waals surface area (Å²) in [5.74, 6) is 1.27. The highest BCUT2D eigenvalue weighted by molar-refractivity contribution is 5.99. The van der Waals surface area contributed by atoms with Crippen molar-refractivity contribution in [2.24, 2.45) is 5.92 Å². The summed E-state index contributed by atoms with van der Waals surface area (Å²) in [5.41, 5.74) is 2.46. The molecule has 0 aliphatic heterocycles. The van der Waals surface area contributed by atoms with Crippen molar-refractivity contribution in [1.82, 2.24) is 5.32 Å². The van der Waals surface area contributed by atoms with Crippen LogP contribution < -0.4 is 10.6 Å². The molecule has 0 radical (unpaired) electrons. The first-order valence-electron chi connectivity index (χ1n) is 6.77. The second kappa shape index (κ2) is 6.24. The van der Waals surface area contributed by atoms with Crippen LogP contribution >= 0.6 is 0 Å². The number of carbonyl (C=O) groups excluding carboxylic acids is 1. The highest BCUT2D eigenvalue weighted by Gasteiger charge is 2.08. The number of para-hydroxylation sites is 1. The summed E-state index contributed by atoms with van der Waals surface area (Å²) in [6, 6.07) is 7.42. The normalized spacial score (nSPS) is 17.3. The second-order valence-electron chi connectivity index (χ2n) is 5.06. The summed E-state index contributed by atoms with van der Waals surface area (Å²) >= 11 is 0. The fourth-order valence-corrected chi connectivity index (χ4v) is 2.09. The van der Waals surface area contributed by atoms with Crippen LogP contribution in [0.4, 0.5) is 5.69 Å². The van der Waals surface area contributed by atoms with E-state index in [2.05, 4.69) is 42.4 Å². The quantitative estimate of drug-likeness (QED) is 0.797. The smallest absolute Gasteiger partial charge is 0.161 e. The lowest BCUT2D eigenvalue weighted by Crippen LogP contribution is -2.19. The average Bonchev–Trinajstić information content (AvgIpc) is 2.41. The van der Waals surface area contributed by atoms with Gasteiger partial charge in [-0.3, -0.25) is 4.79 Å². The number of anilines is 1. The van der Waals surface area contributed by atoms with E-state index in [4.69, 9.17) is 0 Å². The summed E-state index contributed by atoms with van der Waals surface area (Å²) in [4.78, 5) is 11.6. The van der Waals surface area contributed by atoms with Crippen LogP contribution in [0.2, 0.25) is 0 Å². The number of hydrogen-bond donors (Lipinski definition) is 2. The fraction of sp³-hybridized carbons (Fsp3) is 0.235. The molecule has 0 amide bonds. The van der Waals surface area contributed by atoms with Crippen molar-refractivity contribution >= 4 is 11.5 Å². The van der Waals surface area contributed by atoms with Gasteiger partial charge in [0, 0.05) is 11.3 Å². The Morgan fingerprint density at radius 3 is 2.70 bits per heavy atom. The van der Waals surface area contributed by atoms with E-state index in [1.807, 2.05) is 18.2 Å². The number of benzene rings is 1. The van der Waals surface area contributed by atoms with Gasteiger partial charge in [-0.2, -0.15) is 0 Å². The van der Waals surface area contributed by atoms with Crippen LogP contribution in [0.15, 0.2) is 60.6 Å². The molecule has 1 atom stereocenters. The van der Waals surface area contributed by atoms with Crippen LogP contribution in [0.25, 0.3) is 0 Å². The number of Topliss-reactive ketones (excluding diaryl/α,β-unsaturated/α-hetero) is 1. The standard InChI is InChI=1S/C17H20N2O/c1-12-8-10-15(11-9-12)18-14(3)19-17-7-5-4-6-16(17)13(2)20/h4-8,10-12,18-19H,3,9H2,1-2H3. The Labute approximate surface area is 120 Å². The minimum atomic E-state index is 0.0338. The van der Waals surface area contributed by atoms with Crippen LogP contribution in [-0.4, -0.2) is 5.78 Å². The molecule has 0 spiro atoms. The average molecular weight is 268 g/mol. The van der Waals surface area contributed by atoms with Gasteiger partial charge in [-0.05, 0) is 37.5 Å². The van der Waals surface area contributed by atoms with Crippen LogP contribution in [0.5, 0.6) is 0 Å². The largest absolute Gasteiger partial charge is 0.343 e. The Morgan fingerprint density at radius 2 is 2.05 bits per heavy atom. The Bertz CT molecular complexity index is 584.